The molecule has 0 radical (unpaired) electrons. The second kappa shape index (κ2) is 8.28. The minimum absolute atomic E-state index is 0.0233. The predicted octanol–water partition coefficient (Wildman–Crippen LogP) is 2.84. The summed E-state index contributed by atoms with van der Waals surface area (Å²) in [5, 5.41) is 2.88. The van der Waals surface area contributed by atoms with Crippen molar-refractivity contribution < 1.29 is 17.6 Å². The van der Waals surface area contributed by atoms with Gasteiger partial charge in [0.1, 0.15) is 5.82 Å². The number of rotatable bonds is 8. The minimum Gasteiger partial charge on any atom is -0.350 e. The summed E-state index contributed by atoms with van der Waals surface area (Å²) in [6, 6.07) is 11.6. The van der Waals surface area contributed by atoms with Crippen molar-refractivity contribution in [2.75, 3.05) is 18.3 Å². The maximum Gasteiger partial charge on any atom is 0.261 e. The van der Waals surface area contributed by atoms with E-state index in [0.717, 1.165) is 0 Å². The van der Waals surface area contributed by atoms with E-state index in [2.05, 4.69) is 28.9 Å². The molecule has 2 aromatic carbocycles. The predicted molar refractivity (Wildman–Crippen MR) is 106 cm³/mol. The van der Waals surface area contributed by atoms with Crippen molar-refractivity contribution in [3.8, 4) is 0 Å². The molecule has 28 heavy (non-hydrogen) atoms. The summed E-state index contributed by atoms with van der Waals surface area (Å²) in [6.07, 6.45) is 2.41. The van der Waals surface area contributed by atoms with Crippen LogP contribution in [0.2, 0.25) is 0 Å². The first kappa shape index (κ1) is 20.3. The zero-order valence-electron chi connectivity index (χ0n) is 15.9. The lowest BCUT2D eigenvalue weighted by atomic mass is 10.2. The molecule has 150 valence electrons. The Morgan fingerprint density at radius 2 is 1.75 bits per heavy atom. The van der Waals surface area contributed by atoms with Crippen LogP contribution < -0.4 is 10.0 Å². The van der Waals surface area contributed by atoms with Crippen LogP contribution in [0.15, 0.2) is 53.4 Å². The van der Waals surface area contributed by atoms with Crippen LogP contribution in [0.25, 0.3) is 0 Å². The van der Waals surface area contributed by atoms with Crippen LogP contribution in [0, 0.1) is 5.82 Å². The fourth-order valence-electron chi connectivity index (χ4n) is 2.85. The molecule has 1 fully saturated rings. The third-order valence-electron chi connectivity index (χ3n) is 4.90. The summed E-state index contributed by atoms with van der Waals surface area (Å²) < 4.78 is 40.2. The van der Waals surface area contributed by atoms with Crippen molar-refractivity contribution in [2.45, 2.75) is 36.7 Å². The zero-order valence-corrected chi connectivity index (χ0v) is 16.7. The lowest BCUT2D eigenvalue weighted by Crippen LogP contribution is -2.41. The van der Waals surface area contributed by atoms with Crippen molar-refractivity contribution in [2.24, 2.45) is 0 Å². The molecule has 0 aromatic heterocycles. The van der Waals surface area contributed by atoms with Crippen molar-refractivity contribution >= 4 is 21.6 Å². The molecule has 2 aromatic rings. The number of likely N-dealkylation sites (N-methyl/N-ethyl adjacent to an activating group) is 1. The normalized spacial score (nSPS) is 15.3. The second-order valence-electron chi connectivity index (χ2n) is 7.09. The fraction of sp³-hybridized carbons (Fsp3) is 0.350. The summed E-state index contributed by atoms with van der Waals surface area (Å²) in [4.78, 5) is 14.6. The Morgan fingerprint density at radius 1 is 1.14 bits per heavy atom. The van der Waals surface area contributed by atoms with Crippen molar-refractivity contribution in [3.63, 3.8) is 0 Å². The molecule has 1 aliphatic carbocycles. The maximum atomic E-state index is 12.9. The van der Waals surface area contributed by atoms with E-state index in [1.54, 1.807) is 0 Å². The molecule has 2 N–H and O–H groups in total. The first-order chi connectivity index (χ1) is 13.3. The maximum absolute atomic E-state index is 12.9. The van der Waals surface area contributed by atoms with Gasteiger partial charge in [0.2, 0.25) is 0 Å². The van der Waals surface area contributed by atoms with Gasteiger partial charge in [0.15, 0.2) is 0 Å². The van der Waals surface area contributed by atoms with Crippen molar-refractivity contribution in [3.05, 3.63) is 59.9 Å². The number of benzene rings is 2. The first-order valence-corrected chi connectivity index (χ1v) is 10.6. The van der Waals surface area contributed by atoms with Gasteiger partial charge in [0.05, 0.1) is 4.90 Å². The van der Waals surface area contributed by atoms with Gasteiger partial charge in [-0.2, -0.15) is 0 Å². The van der Waals surface area contributed by atoms with Crippen LogP contribution >= 0.6 is 0 Å². The highest BCUT2D eigenvalue weighted by Crippen LogP contribution is 2.26. The lowest BCUT2D eigenvalue weighted by Gasteiger charge is -2.24. The molecular formula is C20H24FN3O3S. The van der Waals surface area contributed by atoms with Crippen molar-refractivity contribution in [1.29, 1.82) is 0 Å². The van der Waals surface area contributed by atoms with Crippen LogP contribution in [0.5, 0.6) is 0 Å². The molecule has 0 aliphatic heterocycles. The standard InChI is InChI=1S/C20H24FN3O3S/c1-14(24(2)18-9-10-18)13-22-20(25)15-3-11-19(12-4-15)28(26,27)23-17-7-5-16(21)6-8-17/h3-8,11-12,14,18,23H,9-10,13H2,1-2H3,(H,22,25). The molecule has 0 saturated heterocycles. The van der Waals surface area contributed by atoms with Gasteiger partial charge in [-0.25, -0.2) is 12.8 Å². The molecule has 3 rings (SSSR count). The summed E-state index contributed by atoms with van der Waals surface area (Å²) in [6.45, 7) is 2.59. The number of sulfonamides is 1. The van der Waals surface area contributed by atoms with E-state index < -0.39 is 15.8 Å². The Balaban J connectivity index is 1.60. The van der Waals surface area contributed by atoms with E-state index in [-0.39, 0.29) is 22.5 Å². The molecule has 1 saturated carbocycles. The van der Waals surface area contributed by atoms with E-state index in [0.29, 0.717) is 18.2 Å². The first-order valence-electron chi connectivity index (χ1n) is 9.15. The summed E-state index contributed by atoms with van der Waals surface area (Å²) in [5.74, 6) is -0.692. The van der Waals surface area contributed by atoms with E-state index in [4.69, 9.17) is 0 Å². The van der Waals surface area contributed by atoms with Crippen LogP contribution in [0.4, 0.5) is 10.1 Å². The molecule has 0 heterocycles. The van der Waals surface area contributed by atoms with Gasteiger partial charge >= 0.3 is 0 Å². The summed E-state index contributed by atoms with van der Waals surface area (Å²) in [7, 11) is -1.76. The Kier molecular flexibility index (Phi) is 6.00. The molecule has 1 unspecified atom stereocenters. The quantitative estimate of drug-likeness (QED) is 0.708. The average molecular weight is 405 g/mol. The molecule has 0 spiro atoms. The molecule has 8 heteroatoms. The smallest absolute Gasteiger partial charge is 0.261 e. The zero-order chi connectivity index (χ0) is 20.3. The molecular weight excluding hydrogens is 381 g/mol. The van der Waals surface area contributed by atoms with Crippen LogP contribution in [0.1, 0.15) is 30.1 Å². The van der Waals surface area contributed by atoms with Crippen LogP contribution in [-0.4, -0.2) is 44.9 Å². The number of hydrogen-bond acceptors (Lipinski definition) is 4. The van der Waals surface area contributed by atoms with Gasteiger partial charge < -0.3 is 5.32 Å². The number of nitrogens with one attached hydrogen (secondary N) is 2. The average Bonchev–Trinajstić information content (AvgIpc) is 3.52. The molecule has 1 aliphatic rings. The Bertz CT molecular complexity index is 926. The van der Waals surface area contributed by atoms with E-state index in [1.165, 1.54) is 61.4 Å². The summed E-state index contributed by atoms with van der Waals surface area (Å²) in [5.41, 5.74) is 0.652. The number of hydrogen-bond donors (Lipinski definition) is 2. The van der Waals surface area contributed by atoms with Gasteiger partial charge in [-0.1, -0.05) is 0 Å². The third kappa shape index (κ3) is 5.08. The van der Waals surface area contributed by atoms with E-state index in [9.17, 15) is 17.6 Å². The number of amides is 1. The number of carbonyl (C=O) groups excluding carboxylic acids is 1. The van der Waals surface area contributed by atoms with Gasteiger partial charge in [0.25, 0.3) is 15.9 Å². The Hall–Kier alpha value is -2.45. The van der Waals surface area contributed by atoms with E-state index in [1.807, 2.05) is 0 Å². The molecule has 1 amide bonds. The lowest BCUT2D eigenvalue weighted by molar-refractivity contribution is 0.0939. The second-order valence-corrected chi connectivity index (χ2v) is 8.77. The Morgan fingerprint density at radius 3 is 2.32 bits per heavy atom. The topological polar surface area (TPSA) is 78.5 Å². The highest BCUT2D eigenvalue weighted by molar-refractivity contribution is 7.92. The third-order valence-corrected chi connectivity index (χ3v) is 6.30. The molecule has 0 bridgehead atoms. The minimum atomic E-state index is -3.82. The van der Waals surface area contributed by atoms with Crippen molar-refractivity contribution in [1.82, 2.24) is 10.2 Å². The number of halogens is 1. The number of carbonyl (C=O) groups is 1. The number of nitrogens with zero attached hydrogens (tertiary/aromatic N) is 1. The molecule has 1 atom stereocenters. The SMILES string of the molecule is CC(CNC(=O)c1ccc(S(=O)(=O)Nc2ccc(F)cc2)cc1)N(C)C1CC1. The monoisotopic (exact) mass is 405 g/mol. The van der Waals surface area contributed by atoms with Crippen LogP contribution in [0.3, 0.4) is 0 Å². The van der Waals surface area contributed by atoms with Gasteiger partial charge in [-0.05, 0) is 75.3 Å². The van der Waals surface area contributed by atoms with E-state index >= 15 is 0 Å². The summed E-state index contributed by atoms with van der Waals surface area (Å²) >= 11 is 0. The molecule has 6 nitrogen and oxygen atoms in total. The Labute approximate surface area is 164 Å². The van der Waals surface area contributed by atoms with Crippen LogP contribution in [-0.2, 0) is 10.0 Å². The number of anilines is 1. The highest BCUT2D eigenvalue weighted by Gasteiger charge is 2.29. The largest absolute Gasteiger partial charge is 0.350 e. The fourth-order valence-corrected chi connectivity index (χ4v) is 3.90. The van der Waals surface area contributed by atoms with Gasteiger partial charge in [-0.15, -0.1) is 0 Å². The highest BCUT2D eigenvalue weighted by atomic mass is 32.2. The van der Waals surface area contributed by atoms with Gasteiger partial charge in [0, 0.05) is 29.9 Å². The van der Waals surface area contributed by atoms with Gasteiger partial charge in [-0.3, -0.25) is 14.4 Å².